The largest absolute Gasteiger partial charge is 0.321 e. The molecule has 1 aromatic carbocycles. The molecule has 1 saturated carbocycles. The lowest BCUT2D eigenvalue weighted by Crippen LogP contribution is -2.44. The van der Waals surface area contributed by atoms with E-state index in [1.807, 2.05) is 0 Å². The molecule has 0 heterocycles. The van der Waals surface area contributed by atoms with Crippen molar-refractivity contribution in [2.24, 2.45) is 11.1 Å². The van der Waals surface area contributed by atoms with Crippen molar-refractivity contribution in [3.63, 3.8) is 0 Å². The molecule has 1 atom stereocenters. The van der Waals surface area contributed by atoms with E-state index in [0.29, 0.717) is 5.41 Å². The second kappa shape index (κ2) is 5.05. The van der Waals surface area contributed by atoms with Crippen LogP contribution in [0.3, 0.4) is 0 Å². The zero-order valence-corrected chi connectivity index (χ0v) is 12.1. The summed E-state index contributed by atoms with van der Waals surface area (Å²) in [6.45, 7) is 6.93. The minimum absolute atomic E-state index is 0.106. The molecule has 0 amide bonds. The highest BCUT2D eigenvalue weighted by Crippen LogP contribution is 2.44. The van der Waals surface area contributed by atoms with Crippen LogP contribution in [0.25, 0.3) is 0 Å². The van der Waals surface area contributed by atoms with Gasteiger partial charge in [-0.3, -0.25) is 0 Å². The Hall–Kier alpha value is -0.820. The molecule has 1 heteroatoms. The predicted octanol–water partition coefficient (Wildman–Crippen LogP) is 4.39. The topological polar surface area (TPSA) is 26.0 Å². The van der Waals surface area contributed by atoms with Gasteiger partial charge in [-0.2, -0.15) is 0 Å². The highest BCUT2D eigenvalue weighted by Gasteiger charge is 2.38. The summed E-state index contributed by atoms with van der Waals surface area (Å²) in [5, 5.41) is 0. The second-order valence-corrected chi connectivity index (χ2v) is 6.80. The first-order chi connectivity index (χ1) is 8.45. The minimum Gasteiger partial charge on any atom is -0.321 e. The standard InChI is InChI=1S/C17H27N/c1-4-7-14-8-5-9-15(12-14)17(18)11-6-10-16(2,3)13-17/h5,8-9,12H,4,6-7,10-11,13,18H2,1-3H3. The first kappa shape index (κ1) is 13.6. The summed E-state index contributed by atoms with van der Waals surface area (Å²) in [6.07, 6.45) is 7.16. The maximum Gasteiger partial charge on any atom is 0.0414 e. The van der Waals surface area contributed by atoms with Crippen LogP contribution in [0, 0.1) is 5.41 Å². The van der Waals surface area contributed by atoms with Gasteiger partial charge in [-0.1, -0.05) is 57.9 Å². The van der Waals surface area contributed by atoms with Gasteiger partial charge in [-0.15, -0.1) is 0 Å². The molecule has 18 heavy (non-hydrogen) atoms. The van der Waals surface area contributed by atoms with Gasteiger partial charge in [0.25, 0.3) is 0 Å². The normalized spacial score (nSPS) is 27.1. The lowest BCUT2D eigenvalue weighted by Gasteiger charge is -2.43. The molecule has 2 rings (SSSR count). The minimum atomic E-state index is -0.106. The van der Waals surface area contributed by atoms with Crippen molar-refractivity contribution in [1.82, 2.24) is 0 Å². The van der Waals surface area contributed by atoms with E-state index in [9.17, 15) is 0 Å². The molecule has 1 aliphatic carbocycles. The number of hydrogen-bond donors (Lipinski definition) is 1. The molecule has 1 unspecified atom stereocenters. The summed E-state index contributed by atoms with van der Waals surface area (Å²) in [6, 6.07) is 8.96. The molecule has 0 radical (unpaired) electrons. The maximum atomic E-state index is 6.72. The van der Waals surface area contributed by atoms with Crippen molar-refractivity contribution in [2.45, 2.75) is 64.8 Å². The zero-order valence-electron chi connectivity index (χ0n) is 12.1. The van der Waals surface area contributed by atoms with Crippen LogP contribution in [0.1, 0.15) is 64.0 Å². The van der Waals surface area contributed by atoms with E-state index in [-0.39, 0.29) is 5.54 Å². The Labute approximate surface area is 112 Å². The van der Waals surface area contributed by atoms with Crippen molar-refractivity contribution in [1.29, 1.82) is 0 Å². The van der Waals surface area contributed by atoms with E-state index >= 15 is 0 Å². The third-order valence-electron chi connectivity index (χ3n) is 4.31. The van der Waals surface area contributed by atoms with Crippen molar-refractivity contribution < 1.29 is 0 Å². The van der Waals surface area contributed by atoms with Crippen LogP contribution in [0.5, 0.6) is 0 Å². The highest BCUT2D eigenvalue weighted by molar-refractivity contribution is 5.30. The molecular weight excluding hydrogens is 218 g/mol. The predicted molar refractivity (Wildman–Crippen MR) is 78.6 cm³/mol. The number of benzene rings is 1. The molecular formula is C17H27N. The molecule has 100 valence electrons. The summed E-state index contributed by atoms with van der Waals surface area (Å²) < 4.78 is 0. The molecule has 0 aromatic heterocycles. The summed E-state index contributed by atoms with van der Waals surface area (Å²) in [5.74, 6) is 0. The Kier molecular flexibility index (Phi) is 3.82. The highest BCUT2D eigenvalue weighted by atomic mass is 14.8. The Morgan fingerprint density at radius 1 is 1.22 bits per heavy atom. The van der Waals surface area contributed by atoms with E-state index in [1.165, 1.54) is 30.4 Å². The smallest absolute Gasteiger partial charge is 0.0414 e. The second-order valence-electron chi connectivity index (χ2n) is 6.80. The third kappa shape index (κ3) is 2.95. The van der Waals surface area contributed by atoms with E-state index in [0.717, 1.165) is 19.3 Å². The number of nitrogens with two attached hydrogens (primary N) is 1. The Balaban J connectivity index is 2.26. The Morgan fingerprint density at radius 3 is 2.67 bits per heavy atom. The van der Waals surface area contributed by atoms with Crippen LogP contribution in [0.2, 0.25) is 0 Å². The Bertz CT molecular complexity index is 408. The SMILES string of the molecule is CCCc1cccc(C2(N)CCCC(C)(C)C2)c1. The molecule has 0 spiro atoms. The summed E-state index contributed by atoms with van der Waals surface area (Å²) in [4.78, 5) is 0. The van der Waals surface area contributed by atoms with E-state index in [2.05, 4.69) is 45.0 Å². The molecule has 1 nitrogen and oxygen atoms in total. The first-order valence-electron chi connectivity index (χ1n) is 7.33. The fraction of sp³-hybridized carbons (Fsp3) is 0.647. The van der Waals surface area contributed by atoms with Gasteiger partial charge >= 0.3 is 0 Å². The molecule has 0 saturated heterocycles. The third-order valence-corrected chi connectivity index (χ3v) is 4.31. The average Bonchev–Trinajstić information content (AvgIpc) is 2.28. The summed E-state index contributed by atoms with van der Waals surface area (Å²) in [5.41, 5.74) is 9.78. The fourth-order valence-corrected chi connectivity index (χ4v) is 3.48. The van der Waals surface area contributed by atoms with Crippen LogP contribution >= 0.6 is 0 Å². The van der Waals surface area contributed by atoms with Gasteiger partial charge in [0.15, 0.2) is 0 Å². The lowest BCUT2D eigenvalue weighted by atomic mass is 9.66. The monoisotopic (exact) mass is 245 g/mol. The number of aryl methyl sites for hydroxylation is 1. The van der Waals surface area contributed by atoms with Crippen molar-refractivity contribution in [2.75, 3.05) is 0 Å². The van der Waals surface area contributed by atoms with Crippen molar-refractivity contribution >= 4 is 0 Å². The Morgan fingerprint density at radius 2 is 2.00 bits per heavy atom. The molecule has 2 N–H and O–H groups in total. The van der Waals surface area contributed by atoms with Gasteiger partial charge in [0.1, 0.15) is 0 Å². The first-order valence-corrected chi connectivity index (χ1v) is 7.33. The van der Waals surface area contributed by atoms with Gasteiger partial charge in [-0.25, -0.2) is 0 Å². The zero-order chi connectivity index (χ0) is 13.2. The van der Waals surface area contributed by atoms with Crippen molar-refractivity contribution in [3.8, 4) is 0 Å². The summed E-state index contributed by atoms with van der Waals surface area (Å²) >= 11 is 0. The van der Waals surface area contributed by atoms with Gasteiger partial charge in [0.05, 0.1) is 0 Å². The van der Waals surface area contributed by atoms with Crippen molar-refractivity contribution in [3.05, 3.63) is 35.4 Å². The lowest BCUT2D eigenvalue weighted by molar-refractivity contribution is 0.151. The van der Waals surface area contributed by atoms with Crippen LogP contribution in [-0.2, 0) is 12.0 Å². The maximum absolute atomic E-state index is 6.72. The summed E-state index contributed by atoms with van der Waals surface area (Å²) in [7, 11) is 0. The van der Waals surface area contributed by atoms with E-state index in [4.69, 9.17) is 5.73 Å². The molecule has 0 aliphatic heterocycles. The quantitative estimate of drug-likeness (QED) is 0.839. The molecule has 1 aliphatic rings. The number of rotatable bonds is 3. The molecule has 1 aromatic rings. The molecule has 1 fully saturated rings. The van der Waals surface area contributed by atoms with Gasteiger partial charge in [0.2, 0.25) is 0 Å². The van der Waals surface area contributed by atoms with E-state index in [1.54, 1.807) is 0 Å². The van der Waals surface area contributed by atoms with Gasteiger partial charge in [-0.05, 0) is 42.2 Å². The van der Waals surface area contributed by atoms with E-state index < -0.39 is 0 Å². The molecule has 0 bridgehead atoms. The van der Waals surface area contributed by atoms with Crippen LogP contribution in [-0.4, -0.2) is 0 Å². The van der Waals surface area contributed by atoms with Gasteiger partial charge < -0.3 is 5.73 Å². The fourth-order valence-electron chi connectivity index (χ4n) is 3.48. The average molecular weight is 245 g/mol. The number of hydrogen-bond acceptors (Lipinski definition) is 1. The van der Waals surface area contributed by atoms with Crippen LogP contribution < -0.4 is 5.73 Å². The van der Waals surface area contributed by atoms with Gasteiger partial charge in [0, 0.05) is 5.54 Å². The van der Waals surface area contributed by atoms with Crippen LogP contribution in [0.15, 0.2) is 24.3 Å². The van der Waals surface area contributed by atoms with Crippen LogP contribution in [0.4, 0.5) is 0 Å².